The number of aromatic nitrogens is 4. The Morgan fingerprint density at radius 3 is 0.625 bits per heavy atom. The highest BCUT2D eigenvalue weighted by Crippen LogP contribution is 2.53. The molecule has 322 valence electrons. The molecule has 2 N–H and O–H groups in total. The predicted octanol–water partition coefficient (Wildman–Crippen LogP) is 17.3. The fraction of sp³-hybridized carbons (Fsp3) is 0. The summed E-state index contributed by atoms with van der Waals surface area (Å²) in [5.41, 5.74) is -10.4. The van der Waals surface area contributed by atoms with Gasteiger partial charge in [0.1, 0.15) is 46.5 Å². The largest absolute Gasteiger partial charge is 0.352 e. The highest BCUT2D eigenvalue weighted by atomic mass is 35.5. The molecule has 0 amide bonds. The van der Waals surface area contributed by atoms with E-state index in [1.807, 2.05) is 0 Å². The van der Waals surface area contributed by atoms with Crippen molar-refractivity contribution in [2.75, 3.05) is 0 Å². The molecule has 3 aromatic heterocycles. The maximum atomic E-state index is 16.1. The van der Waals surface area contributed by atoms with Crippen molar-refractivity contribution in [3.63, 3.8) is 0 Å². The highest BCUT2D eigenvalue weighted by molar-refractivity contribution is 6.67. The molecule has 20 heteroatoms. The number of aromatic amines is 2. The third kappa shape index (κ3) is 6.79. The Labute approximate surface area is 394 Å². The lowest BCUT2D eigenvalue weighted by Crippen LogP contribution is -1.97. The summed E-state index contributed by atoms with van der Waals surface area (Å²) in [6.45, 7) is 0. The van der Waals surface area contributed by atoms with Crippen LogP contribution >= 0.6 is 92.8 Å². The Kier molecular flexibility index (Phi) is 11.5. The van der Waals surface area contributed by atoms with E-state index in [1.54, 1.807) is 0 Å². The zero-order valence-corrected chi connectivity index (χ0v) is 36.9. The monoisotopic (exact) mass is 1030 g/mol. The molecule has 0 atom stereocenters. The van der Waals surface area contributed by atoms with Gasteiger partial charge in [-0.05, 0) is 48.5 Å². The van der Waals surface area contributed by atoms with Gasteiger partial charge in [-0.1, -0.05) is 117 Å². The number of hydrogen-bond donors (Lipinski definition) is 2. The van der Waals surface area contributed by atoms with Crippen molar-refractivity contribution in [3.05, 3.63) is 162 Å². The number of halogens is 16. The molecule has 4 nitrogen and oxygen atoms in total. The molecule has 0 fully saturated rings. The van der Waals surface area contributed by atoms with Gasteiger partial charge >= 0.3 is 0 Å². The van der Waals surface area contributed by atoms with E-state index in [2.05, 4.69) is 19.9 Å². The van der Waals surface area contributed by atoms with Gasteiger partial charge in [0.15, 0.2) is 0 Å². The minimum absolute atomic E-state index is 0.508. The zero-order valence-electron chi connectivity index (χ0n) is 30.9. The van der Waals surface area contributed by atoms with Crippen molar-refractivity contribution in [1.29, 1.82) is 0 Å². The predicted molar refractivity (Wildman–Crippen MR) is 239 cm³/mol. The van der Waals surface area contributed by atoms with Crippen molar-refractivity contribution in [3.8, 4) is 44.5 Å². The molecule has 2 aliphatic heterocycles. The van der Waals surface area contributed by atoms with Crippen LogP contribution in [0.5, 0.6) is 0 Å². The molecular weight excluding hydrogens is 1020 g/mol. The Morgan fingerprint density at radius 1 is 0.281 bits per heavy atom. The van der Waals surface area contributed by atoms with E-state index in [0.717, 1.165) is 72.8 Å². The van der Waals surface area contributed by atoms with Crippen LogP contribution in [0.15, 0.2) is 72.8 Å². The van der Waals surface area contributed by atoms with Crippen molar-refractivity contribution in [1.82, 2.24) is 19.9 Å². The Morgan fingerprint density at radius 2 is 0.453 bits per heavy atom. The van der Waals surface area contributed by atoms with Crippen LogP contribution < -0.4 is 0 Å². The summed E-state index contributed by atoms with van der Waals surface area (Å²) < 4.78 is 129. The van der Waals surface area contributed by atoms with Gasteiger partial charge in [0.2, 0.25) is 0 Å². The molecule has 8 bridgehead atoms. The quantitative estimate of drug-likeness (QED) is 0.173. The van der Waals surface area contributed by atoms with Gasteiger partial charge in [0.05, 0.1) is 107 Å². The molecule has 0 aliphatic carbocycles. The van der Waals surface area contributed by atoms with Crippen LogP contribution in [0, 0.1) is 46.5 Å². The van der Waals surface area contributed by atoms with E-state index >= 15 is 35.1 Å². The summed E-state index contributed by atoms with van der Waals surface area (Å²) >= 11 is 55.3. The van der Waals surface area contributed by atoms with Crippen molar-refractivity contribution >= 4 is 135 Å². The lowest BCUT2D eigenvalue weighted by molar-refractivity contribution is 0.589. The second-order valence-corrected chi connectivity index (χ2v) is 16.8. The Balaban J connectivity index is 1.70. The summed E-state index contributed by atoms with van der Waals surface area (Å²) in [5, 5.41) is -4.61. The average molecular weight is 1030 g/mol. The smallest absolute Gasteiger partial charge is 0.134 e. The summed E-state index contributed by atoms with van der Waals surface area (Å²) in [5.74, 6) is -9.87. The van der Waals surface area contributed by atoms with Gasteiger partial charge in [-0.3, -0.25) is 0 Å². The lowest BCUT2D eigenvalue weighted by Gasteiger charge is -2.10. The number of nitrogens with one attached hydrogen (secondary N) is 2. The van der Waals surface area contributed by atoms with E-state index in [0.29, 0.717) is 0 Å². The minimum atomic E-state index is -1.23. The van der Waals surface area contributed by atoms with Crippen LogP contribution in [0.25, 0.3) is 86.7 Å². The molecule has 5 heterocycles. The van der Waals surface area contributed by atoms with Crippen LogP contribution in [0.4, 0.5) is 35.1 Å². The fourth-order valence-electron chi connectivity index (χ4n) is 7.49. The Bertz CT molecular complexity index is 2970. The number of nitrogens with zero attached hydrogens (tertiary/aromatic N) is 2. The van der Waals surface area contributed by atoms with Crippen molar-refractivity contribution in [2.24, 2.45) is 0 Å². The summed E-state index contributed by atoms with van der Waals surface area (Å²) in [4.78, 5) is 14.6. The van der Waals surface area contributed by atoms with E-state index in [4.69, 9.17) is 92.8 Å². The number of rotatable bonds is 4. The van der Waals surface area contributed by atoms with E-state index < -0.39 is 176 Å². The first-order valence-corrected chi connectivity index (χ1v) is 20.9. The number of fused-ring (bicyclic) bond motifs is 8. The molecule has 0 unspecified atom stereocenters. The second-order valence-electron chi connectivity index (χ2n) is 13.8. The summed E-state index contributed by atoms with van der Waals surface area (Å²) in [7, 11) is 0. The SMILES string of the molecule is Fc1cccc(F)c1-c1c2nc(c(-c3c(F)cccc3F)c3[nH]c(c(Cl)c3Cl)c(-c3c(F)cccc3F)c3nc(c(-c4c(F)cccc4F)c4[nH]c1c(Cl)c4Cl)C(Cl)=C3Cl)C(Cl)=C2Cl. The summed E-state index contributed by atoms with van der Waals surface area (Å²) in [6.07, 6.45) is 0. The second kappa shape index (κ2) is 16.6. The number of benzene rings is 4. The lowest BCUT2D eigenvalue weighted by atomic mass is 10.0. The molecule has 4 aromatic carbocycles. The van der Waals surface area contributed by atoms with Crippen molar-refractivity contribution < 1.29 is 35.1 Å². The zero-order chi connectivity index (χ0) is 45.8. The molecule has 64 heavy (non-hydrogen) atoms. The normalized spacial score (nSPS) is 12.9. The molecule has 0 saturated carbocycles. The Hall–Kier alpha value is -4.76. The first-order valence-electron chi connectivity index (χ1n) is 17.9. The van der Waals surface area contributed by atoms with E-state index in [1.165, 1.54) is 0 Å². The van der Waals surface area contributed by atoms with Gasteiger partial charge in [0.25, 0.3) is 0 Å². The van der Waals surface area contributed by atoms with Gasteiger partial charge in [-0.25, -0.2) is 45.1 Å². The van der Waals surface area contributed by atoms with Crippen LogP contribution in [0.3, 0.4) is 0 Å². The first kappa shape index (κ1) is 44.4. The number of H-pyrrole nitrogens is 2. The standard InChI is InChI=1S/C44H14Cl8F8N4/c45-29-31(47)39-26(22-15(55)7-2-8-16(22)56)41-33(49)35(51)43(63-41)28(24-19(59)11-4-12-20(24)60)44-36(52)34(50)42(64-44)27(23-17(57)9-3-10-18(23)58)40-32(48)30(46)38(62-40)25(37(29)61-39)21-13(53)5-1-6-14(21)54/h1-12,61,64H. The molecule has 9 rings (SSSR count). The molecule has 7 aromatic rings. The molecule has 2 aliphatic rings. The topological polar surface area (TPSA) is 57.4 Å². The van der Waals surface area contributed by atoms with Gasteiger partial charge in [-0.2, -0.15) is 0 Å². The van der Waals surface area contributed by atoms with Crippen LogP contribution in [-0.2, 0) is 0 Å². The third-order valence-corrected chi connectivity index (χ3v) is 13.6. The molecular formula is C44H14Cl8F8N4. The summed E-state index contributed by atoms with van der Waals surface area (Å²) in [6, 6.07) is 11.1. The number of hydrogen-bond acceptors (Lipinski definition) is 2. The minimum Gasteiger partial charge on any atom is -0.352 e. The fourth-order valence-corrected chi connectivity index (χ4v) is 9.34. The van der Waals surface area contributed by atoms with E-state index in [9.17, 15) is 0 Å². The molecule has 0 radical (unpaired) electrons. The maximum absolute atomic E-state index is 16.1. The first-order chi connectivity index (χ1) is 30.4. The average Bonchev–Trinajstić information content (AvgIpc) is 3.91. The maximum Gasteiger partial charge on any atom is 0.134 e. The van der Waals surface area contributed by atoms with Crippen LogP contribution in [0.1, 0.15) is 22.8 Å². The van der Waals surface area contributed by atoms with Gasteiger partial charge < -0.3 is 9.97 Å². The molecule has 0 saturated heterocycles. The van der Waals surface area contributed by atoms with Crippen LogP contribution in [0.2, 0.25) is 20.1 Å². The van der Waals surface area contributed by atoms with Gasteiger partial charge in [0, 0.05) is 22.3 Å². The third-order valence-electron chi connectivity index (χ3n) is 10.2. The van der Waals surface area contributed by atoms with Crippen molar-refractivity contribution in [2.45, 2.75) is 0 Å². The molecule has 0 spiro atoms. The van der Waals surface area contributed by atoms with E-state index in [-0.39, 0.29) is 0 Å². The highest BCUT2D eigenvalue weighted by Gasteiger charge is 2.35. The van der Waals surface area contributed by atoms with Gasteiger partial charge in [-0.15, -0.1) is 0 Å². The van der Waals surface area contributed by atoms with Crippen LogP contribution in [-0.4, -0.2) is 19.9 Å².